The Labute approximate surface area is 269 Å². The molecule has 248 valence electrons. The standard InChI is InChI=1S/C37H45F3N2O4/c1-24(26-7-5-4-6-8-26)41-33(44)42(22-25-9-12-29(13-10-25)46-37(38,39)40)23-36(45)20-17-32-30-14-11-27-21-28(43)15-18-34(27,2)31(30)16-19-35(32,36)3/h4-14,24,28,31-32,43,45H,15-23H2,1-3H3,(H,41,44). The summed E-state index contributed by atoms with van der Waals surface area (Å²) in [6.45, 7) is 6.62. The molecule has 2 aromatic carbocycles. The number of urea groups is 1. The Morgan fingerprint density at radius 3 is 2.39 bits per heavy atom. The monoisotopic (exact) mass is 638 g/mol. The van der Waals surface area contributed by atoms with Gasteiger partial charge in [0.2, 0.25) is 0 Å². The molecule has 3 N–H and O–H groups in total. The molecule has 0 radical (unpaired) electrons. The summed E-state index contributed by atoms with van der Waals surface area (Å²) < 4.78 is 42.3. The highest BCUT2D eigenvalue weighted by atomic mass is 19.4. The Kier molecular flexibility index (Phi) is 8.55. The van der Waals surface area contributed by atoms with E-state index in [0.717, 1.165) is 44.1 Å². The van der Waals surface area contributed by atoms with Gasteiger partial charge in [-0.25, -0.2) is 4.79 Å². The molecular formula is C37H45F3N2O4. The van der Waals surface area contributed by atoms with Crippen molar-refractivity contribution in [2.75, 3.05) is 6.54 Å². The largest absolute Gasteiger partial charge is 0.573 e. The summed E-state index contributed by atoms with van der Waals surface area (Å²) in [7, 11) is 0. The van der Waals surface area contributed by atoms with E-state index in [1.54, 1.807) is 4.90 Å². The van der Waals surface area contributed by atoms with E-state index in [4.69, 9.17) is 0 Å². The van der Waals surface area contributed by atoms with Crippen LogP contribution in [0.15, 0.2) is 77.9 Å². The lowest BCUT2D eigenvalue weighted by molar-refractivity contribution is -0.274. The van der Waals surface area contributed by atoms with Gasteiger partial charge in [-0.3, -0.25) is 0 Å². The first-order chi connectivity index (χ1) is 21.7. The van der Waals surface area contributed by atoms with E-state index >= 15 is 0 Å². The summed E-state index contributed by atoms with van der Waals surface area (Å²) in [5.74, 6) is 0.222. The van der Waals surface area contributed by atoms with Crippen LogP contribution in [0.25, 0.3) is 0 Å². The Bertz CT molecular complexity index is 1490. The average molecular weight is 639 g/mol. The lowest BCUT2D eigenvalue weighted by Gasteiger charge is -2.56. The van der Waals surface area contributed by atoms with E-state index < -0.39 is 17.4 Å². The zero-order valence-corrected chi connectivity index (χ0v) is 26.8. The first-order valence-corrected chi connectivity index (χ1v) is 16.5. The summed E-state index contributed by atoms with van der Waals surface area (Å²) >= 11 is 0. The molecule has 0 aromatic heterocycles. The molecule has 7 unspecified atom stereocenters. The minimum Gasteiger partial charge on any atom is -0.406 e. The number of alkyl halides is 3. The van der Waals surface area contributed by atoms with Crippen molar-refractivity contribution in [2.45, 2.75) is 96.4 Å². The van der Waals surface area contributed by atoms with E-state index in [2.05, 4.69) is 36.1 Å². The maximum Gasteiger partial charge on any atom is 0.573 e. The molecule has 0 saturated heterocycles. The van der Waals surface area contributed by atoms with E-state index in [0.29, 0.717) is 17.9 Å². The Hall–Kier alpha value is -3.30. The summed E-state index contributed by atoms with van der Waals surface area (Å²) in [4.78, 5) is 15.5. The van der Waals surface area contributed by atoms with Gasteiger partial charge in [-0.15, -0.1) is 13.2 Å². The number of fused-ring (bicyclic) bond motifs is 5. The highest BCUT2D eigenvalue weighted by Crippen LogP contribution is 2.66. The predicted molar refractivity (Wildman–Crippen MR) is 170 cm³/mol. The van der Waals surface area contributed by atoms with Crippen LogP contribution in [0.3, 0.4) is 0 Å². The Morgan fingerprint density at radius 1 is 1.00 bits per heavy atom. The fourth-order valence-electron chi connectivity index (χ4n) is 8.99. The van der Waals surface area contributed by atoms with Crippen molar-refractivity contribution in [1.29, 1.82) is 0 Å². The number of benzene rings is 2. The maximum atomic E-state index is 13.9. The van der Waals surface area contributed by atoms with Crippen LogP contribution >= 0.6 is 0 Å². The molecule has 7 atom stereocenters. The van der Waals surface area contributed by atoms with Gasteiger partial charge in [0.15, 0.2) is 0 Å². The molecule has 2 amide bonds. The van der Waals surface area contributed by atoms with E-state index in [-0.39, 0.29) is 48.3 Å². The fourth-order valence-corrected chi connectivity index (χ4v) is 8.99. The lowest BCUT2D eigenvalue weighted by Crippen LogP contribution is -2.57. The third-order valence-electron chi connectivity index (χ3n) is 11.8. The molecule has 4 aliphatic carbocycles. The minimum absolute atomic E-state index is 0.0207. The Morgan fingerprint density at radius 2 is 1.70 bits per heavy atom. The van der Waals surface area contributed by atoms with Crippen molar-refractivity contribution in [3.05, 3.63) is 89.0 Å². The van der Waals surface area contributed by atoms with Gasteiger partial charge in [-0.2, -0.15) is 0 Å². The van der Waals surface area contributed by atoms with Crippen molar-refractivity contribution in [3.8, 4) is 5.75 Å². The molecule has 0 heterocycles. The Balaban J connectivity index is 1.26. The van der Waals surface area contributed by atoms with Crippen LogP contribution in [0.2, 0.25) is 0 Å². The number of aliphatic hydroxyl groups excluding tert-OH is 1. The number of hydrogen-bond donors (Lipinski definition) is 3. The van der Waals surface area contributed by atoms with Crippen molar-refractivity contribution in [2.24, 2.45) is 22.7 Å². The van der Waals surface area contributed by atoms with Crippen LogP contribution in [0.5, 0.6) is 5.75 Å². The van der Waals surface area contributed by atoms with Crippen molar-refractivity contribution in [3.63, 3.8) is 0 Å². The number of allylic oxidation sites excluding steroid dienone is 3. The second kappa shape index (κ2) is 12.1. The molecular weight excluding hydrogens is 593 g/mol. The maximum absolute atomic E-state index is 13.9. The number of halogens is 3. The minimum atomic E-state index is -4.79. The first-order valence-electron chi connectivity index (χ1n) is 16.5. The molecule has 3 saturated carbocycles. The molecule has 4 aliphatic rings. The van der Waals surface area contributed by atoms with Gasteiger partial charge in [0, 0.05) is 12.0 Å². The zero-order valence-electron chi connectivity index (χ0n) is 26.8. The first kappa shape index (κ1) is 32.6. The van der Waals surface area contributed by atoms with Gasteiger partial charge in [0.1, 0.15) is 5.75 Å². The van der Waals surface area contributed by atoms with E-state index in [9.17, 15) is 28.2 Å². The number of carbonyl (C=O) groups is 1. The van der Waals surface area contributed by atoms with Crippen molar-refractivity contribution >= 4 is 6.03 Å². The summed E-state index contributed by atoms with van der Waals surface area (Å²) in [6, 6.07) is 14.5. The highest BCUT2D eigenvalue weighted by Gasteiger charge is 2.62. The number of carbonyl (C=O) groups excluding carboxylic acids is 1. The molecule has 6 rings (SSSR count). The van der Waals surface area contributed by atoms with Crippen LogP contribution in [-0.4, -0.2) is 45.8 Å². The van der Waals surface area contributed by atoms with Gasteiger partial charge < -0.3 is 25.2 Å². The van der Waals surface area contributed by atoms with Gasteiger partial charge in [0.25, 0.3) is 0 Å². The van der Waals surface area contributed by atoms with E-state index in [1.807, 2.05) is 37.3 Å². The number of ether oxygens (including phenoxy) is 1. The topological polar surface area (TPSA) is 82.0 Å². The van der Waals surface area contributed by atoms with Crippen LogP contribution in [0.4, 0.5) is 18.0 Å². The van der Waals surface area contributed by atoms with Gasteiger partial charge in [0.05, 0.1) is 24.3 Å². The number of hydrogen-bond acceptors (Lipinski definition) is 4. The normalized spacial score (nSPS) is 32.7. The number of rotatable bonds is 7. The summed E-state index contributed by atoms with van der Waals surface area (Å²) in [5, 5.41) is 26.0. The van der Waals surface area contributed by atoms with Crippen LogP contribution in [0.1, 0.15) is 82.9 Å². The quantitative estimate of drug-likeness (QED) is 0.289. The van der Waals surface area contributed by atoms with Gasteiger partial charge in [-0.05, 0) is 92.4 Å². The van der Waals surface area contributed by atoms with Gasteiger partial charge >= 0.3 is 12.4 Å². The van der Waals surface area contributed by atoms with Crippen LogP contribution in [0, 0.1) is 22.7 Å². The molecule has 0 bridgehead atoms. The summed E-state index contributed by atoms with van der Waals surface area (Å²) in [6.07, 6.45) is 4.99. The second-order valence-corrected chi connectivity index (χ2v) is 14.4. The molecule has 6 nitrogen and oxygen atoms in total. The number of aliphatic hydroxyl groups is 2. The van der Waals surface area contributed by atoms with Crippen LogP contribution < -0.4 is 10.1 Å². The SMILES string of the molecule is CC(NC(=O)N(Cc1ccc(OC(F)(F)F)cc1)CC1(O)CCC2C3=CC=C4CC(O)CCC4(C)C3CCC21C)c1ccccc1. The van der Waals surface area contributed by atoms with E-state index in [1.165, 1.54) is 35.4 Å². The van der Waals surface area contributed by atoms with Crippen molar-refractivity contribution in [1.82, 2.24) is 10.2 Å². The molecule has 3 fully saturated rings. The fraction of sp³-hybridized carbons (Fsp3) is 0.541. The second-order valence-electron chi connectivity index (χ2n) is 14.4. The van der Waals surface area contributed by atoms with Crippen molar-refractivity contribution < 1.29 is 32.9 Å². The number of nitrogens with one attached hydrogen (secondary N) is 1. The zero-order chi connectivity index (χ0) is 32.9. The molecule has 46 heavy (non-hydrogen) atoms. The lowest BCUT2D eigenvalue weighted by atomic mass is 9.50. The van der Waals surface area contributed by atoms with Crippen LogP contribution in [-0.2, 0) is 6.54 Å². The third-order valence-corrected chi connectivity index (χ3v) is 11.8. The molecule has 9 heteroatoms. The van der Waals surface area contributed by atoms with Gasteiger partial charge in [-0.1, -0.05) is 79.6 Å². The number of amides is 2. The smallest absolute Gasteiger partial charge is 0.406 e. The molecule has 0 aliphatic heterocycles. The summed E-state index contributed by atoms with van der Waals surface area (Å²) in [5.41, 5.74) is 2.69. The third kappa shape index (κ3) is 6.08. The highest BCUT2D eigenvalue weighted by molar-refractivity contribution is 5.75. The predicted octanol–water partition coefficient (Wildman–Crippen LogP) is 7.83. The average Bonchev–Trinajstić information content (AvgIpc) is 3.27. The molecule has 0 spiro atoms. The molecule has 2 aromatic rings. The number of nitrogens with zero attached hydrogens (tertiary/aromatic N) is 1.